The van der Waals surface area contributed by atoms with Gasteiger partial charge in [-0.25, -0.2) is 9.37 Å². The second-order valence-corrected chi connectivity index (χ2v) is 3.53. The van der Waals surface area contributed by atoms with Crippen LogP contribution < -0.4 is 5.73 Å². The number of rotatable bonds is 1. The van der Waals surface area contributed by atoms with Gasteiger partial charge in [-0.3, -0.25) is 0 Å². The van der Waals surface area contributed by atoms with E-state index in [2.05, 4.69) is 4.98 Å². The molecule has 0 saturated heterocycles. The summed E-state index contributed by atoms with van der Waals surface area (Å²) < 4.78 is 13.1. The van der Waals surface area contributed by atoms with Gasteiger partial charge in [0.1, 0.15) is 0 Å². The minimum absolute atomic E-state index is 0.0901. The Morgan fingerprint density at radius 3 is 2.40 bits per heavy atom. The second-order valence-electron chi connectivity index (χ2n) is 3.10. The average molecular weight is 223 g/mol. The van der Waals surface area contributed by atoms with Crippen molar-refractivity contribution in [2.24, 2.45) is 0 Å². The number of hydrogen-bond acceptors (Lipinski definition) is 2. The molecule has 1 aromatic heterocycles. The Balaban J connectivity index is 2.45. The van der Waals surface area contributed by atoms with E-state index < -0.39 is 5.82 Å². The van der Waals surface area contributed by atoms with Crippen molar-refractivity contribution in [2.45, 2.75) is 0 Å². The SMILES string of the molecule is Nc1ncc(-c2ccc(Cl)cc2)cc1F. The fourth-order valence-corrected chi connectivity index (χ4v) is 1.37. The lowest BCUT2D eigenvalue weighted by Gasteiger charge is -2.02. The van der Waals surface area contributed by atoms with Crippen LogP contribution in [-0.2, 0) is 0 Å². The normalized spacial score (nSPS) is 10.3. The molecular weight excluding hydrogens is 215 g/mol. The number of halogens is 2. The zero-order valence-corrected chi connectivity index (χ0v) is 8.50. The third kappa shape index (κ3) is 2.07. The van der Waals surface area contributed by atoms with Gasteiger partial charge in [0.25, 0.3) is 0 Å². The van der Waals surface area contributed by atoms with E-state index in [9.17, 15) is 4.39 Å². The van der Waals surface area contributed by atoms with Crippen LogP contribution in [-0.4, -0.2) is 4.98 Å². The van der Waals surface area contributed by atoms with Crippen LogP contribution in [0.4, 0.5) is 10.2 Å². The van der Waals surface area contributed by atoms with E-state index in [0.29, 0.717) is 10.6 Å². The summed E-state index contributed by atoms with van der Waals surface area (Å²) in [6, 6.07) is 8.44. The summed E-state index contributed by atoms with van der Waals surface area (Å²) in [6.45, 7) is 0. The highest BCUT2D eigenvalue weighted by atomic mass is 35.5. The van der Waals surface area contributed by atoms with E-state index in [1.807, 2.05) is 0 Å². The van der Waals surface area contributed by atoms with Crippen molar-refractivity contribution >= 4 is 17.4 Å². The van der Waals surface area contributed by atoms with E-state index in [-0.39, 0.29) is 5.82 Å². The molecule has 2 aromatic rings. The monoisotopic (exact) mass is 222 g/mol. The maximum Gasteiger partial charge on any atom is 0.165 e. The smallest absolute Gasteiger partial charge is 0.165 e. The fourth-order valence-electron chi connectivity index (χ4n) is 1.25. The molecule has 0 aliphatic heterocycles. The van der Waals surface area contributed by atoms with Crippen LogP contribution in [0, 0.1) is 5.82 Å². The molecule has 4 heteroatoms. The van der Waals surface area contributed by atoms with Gasteiger partial charge in [-0.15, -0.1) is 0 Å². The van der Waals surface area contributed by atoms with Crippen molar-refractivity contribution in [3.8, 4) is 11.1 Å². The Labute approximate surface area is 91.5 Å². The largest absolute Gasteiger partial charge is 0.381 e. The lowest BCUT2D eigenvalue weighted by molar-refractivity contribution is 0.628. The summed E-state index contributed by atoms with van der Waals surface area (Å²) >= 11 is 5.75. The maximum atomic E-state index is 13.1. The molecule has 76 valence electrons. The van der Waals surface area contributed by atoms with Crippen molar-refractivity contribution in [3.63, 3.8) is 0 Å². The van der Waals surface area contributed by atoms with Gasteiger partial charge in [-0.05, 0) is 23.8 Å². The first-order valence-electron chi connectivity index (χ1n) is 4.34. The number of nitrogens with two attached hydrogens (primary N) is 1. The van der Waals surface area contributed by atoms with Crippen LogP contribution >= 0.6 is 11.6 Å². The highest BCUT2D eigenvalue weighted by molar-refractivity contribution is 6.30. The molecule has 15 heavy (non-hydrogen) atoms. The number of nitrogens with zero attached hydrogens (tertiary/aromatic N) is 1. The van der Waals surface area contributed by atoms with Crippen LogP contribution in [0.2, 0.25) is 5.02 Å². The van der Waals surface area contributed by atoms with Gasteiger partial charge in [0.15, 0.2) is 11.6 Å². The van der Waals surface area contributed by atoms with E-state index in [4.69, 9.17) is 17.3 Å². The molecule has 0 aliphatic carbocycles. The first-order chi connectivity index (χ1) is 7.16. The number of benzene rings is 1. The molecule has 2 N–H and O–H groups in total. The quantitative estimate of drug-likeness (QED) is 0.805. The maximum absolute atomic E-state index is 13.1. The van der Waals surface area contributed by atoms with E-state index in [0.717, 1.165) is 5.56 Å². The summed E-state index contributed by atoms with van der Waals surface area (Å²) in [5, 5.41) is 0.641. The Kier molecular flexibility index (Phi) is 2.56. The van der Waals surface area contributed by atoms with Crippen LogP contribution in [0.3, 0.4) is 0 Å². The molecule has 0 unspecified atom stereocenters. The van der Waals surface area contributed by atoms with E-state index >= 15 is 0 Å². The van der Waals surface area contributed by atoms with Crippen LogP contribution in [0.15, 0.2) is 36.5 Å². The van der Waals surface area contributed by atoms with Crippen molar-refractivity contribution in [3.05, 3.63) is 47.4 Å². The number of hydrogen-bond donors (Lipinski definition) is 1. The highest BCUT2D eigenvalue weighted by Crippen LogP contribution is 2.22. The minimum Gasteiger partial charge on any atom is -0.381 e. The van der Waals surface area contributed by atoms with Crippen molar-refractivity contribution in [2.75, 3.05) is 5.73 Å². The summed E-state index contributed by atoms with van der Waals surface area (Å²) in [7, 11) is 0. The lowest BCUT2D eigenvalue weighted by Crippen LogP contribution is -1.94. The molecule has 0 spiro atoms. The van der Waals surface area contributed by atoms with Gasteiger partial charge < -0.3 is 5.73 Å². The van der Waals surface area contributed by atoms with Crippen molar-refractivity contribution in [1.29, 1.82) is 0 Å². The summed E-state index contributed by atoms with van der Waals surface area (Å²) in [5.74, 6) is -0.602. The third-order valence-corrected chi connectivity index (χ3v) is 2.30. The number of anilines is 1. The molecule has 0 bridgehead atoms. The van der Waals surface area contributed by atoms with Gasteiger partial charge in [-0.1, -0.05) is 23.7 Å². The molecular formula is C11H8ClFN2. The summed E-state index contributed by atoms with van der Waals surface area (Å²) in [5.41, 5.74) is 6.82. The fraction of sp³-hybridized carbons (Fsp3) is 0. The Morgan fingerprint density at radius 2 is 1.80 bits per heavy atom. The van der Waals surface area contributed by atoms with Gasteiger partial charge in [0.2, 0.25) is 0 Å². The van der Waals surface area contributed by atoms with Crippen molar-refractivity contribution < 1.29 is 4.39 Å². The standard InChI is InChI=1S/C11H8ClFN2/c12-9-3-1-7(2-4-9)8-5-10(13)11(14)15-6-8/h1-6H,(H2,14,15). The molecule has 0 atom stereocenters. The first-order valence-corrected chi connectivity index (χ1v) is 4.71. The van der Waals surface area contributed by atoms with E-state index in [1.165, 1.54) is 12.3 Å². The number of aromatic nitrogens is 1. The molecule has 1 heterocycles. The highest BCUT2D eigenvalue weighted by Gasteiger charge is 2.03. The van der Waals surface area contributed by atoms with Gasteiger partial charge in [0.05, 0.1) is 0 Å². The van der Waals surface area contributed by atoms with Gasteiger partial charge in [0, 0.05) is 16.8 Å². The van der Waals surface area contributed by atoms with E-state index in [1.54, 1.807) is 24.3 Å². The molecule has 1 aromatic carbocycles. The molecule has 2 rings (SSSR count). The first kappa shape index (κ1) is 9.93. The molecule has 0 saturated carbocycles. The summed E-state index contributed by atoms with van der Waals surface area (Å²) in [6.07, 6.45) is 1.53. The lowest BCUT2D eigenvalue weighted by atomic mass is 10.1. The molecule has 0 fully saturated rings. The predicted octanol–water partition coefficient (Wildman–Crippen LogP) is 3.12. The van der Waals surface area contributed by atoms with Crippen LogP contribution in [0.1, 0.15) is 0 Å². The topological polar surface area (TPSA) is 38.9 Å². The number of pyridine rings is 1. The second kappa shape index (κ2) is 3.87. The Bertz CT molecular complexity index is 482. The van der Waals surface area contributed by atoms with Crippen molar-refractivity contribution in [1.82, 2.24) is 4.98 Å². The minimum atomic E-state index is -0.512. The third-order valence-electron chi connectivity index (χ3n) is 2.05. The van der Waals surface area contributed by atoms with Crippen LogP contribution in [0.25, 0.3) is 11.1 Å². The zero-order valence-electron chi connectivity index (χ0n) is 7.74. The molecule has 0 aliphatic rings. The van der Waals surface area contributed by atoms with Gasteiger partial charge in [-0.2, -0.15) is 0 Å². The summed E-state index contributed by atoms with van der Waals surface area (Å²) in [4.78, 5) is 3.75. The van der Waals surface area contributed by atoms with Gasteiger partial charge >= 0.3 is 0 Å². The molecule has 0 radical (unpaired) electrons. The molecule has 0 amide bonds. The number of nitrogen functional groups attached to an aromatic ring is 1. The average Bonchev–Trinajstić information content (AvgIpc) is 2.23. The molecule has 2 nitrogen and oxygen atoms in total. The Hall–Kier alpha value is -1.61. The zero-order chi connectivity index (χ0) is 10.8. The Morgan fingerprint density at radius 1 is 1.13 bits per heavy atom. The van der Waals surface area contributed by atoms with Crippen LogP contribution in [0.5, 0.6) is 0 Å². The predicted molar refractivity (Wildman–Crippen MR) is 59.1 cm³/mol.